The van der Waals surface area contributed by atoms with Gasteiger partial charge in [-0.25, -0.2) is 9.07 Å². The second-order valence-electron chi connectivity index (χ2n) is 9.10. The third kappa shape index (κ3) is 5.56. The average molecular weight is 489 g/mol. The van der Waals surface area contributed by atoms with Crippen molar-refractivity contribution in [1.82, 2.24) is 25.3 Å². The number of anilines is 1. The summed E-state index contributed by atoms with van der Waals surface area (Å²) in [4.78, 5) is 32.9. The molecule has 2 aromatic heterocycles. The molecule has 0 aliphatic rings. The van der Waals surface area contributed by atoms with Crippen LogP contribution in [0.4, 0.5) is 10.1 Å². The Morgan fingerprint density at radius 3 is 2.64 bits per heavy atom. The van der Waals surface area contributed by atoms with E-state index >= 15 is 0 Å². The fourth-order valence-corrected chi connectivity index (χ4v) is 3.94. The van der Waals surface area contributed by atoms with E-state index < -0.39 is 17.8 Å². The van der Waals surface area contributed by atoms with Crippen LogP contribution in [0.1, 0.15) is 37.4 Å². The summed E-state index contributed by atoms with van der Waals surface area (Å²) in [6, 6.07) is 14.2. The zero-order valence-corrected chi connectivity index (χ0v) is 20.6. The molecule has 4 aromatic rings. The number of pyridine rings is 1. The minimum atomic E-state index is -1.06. The minimum absolute atomic E-state index is 0.188. The summed E-state index contributed by atoms with van der Waals surface area (Å²) in [6.45, 7) is 6.04. The molecule has 36 heavy (non-hydrogen) atoms. The number of benzene rings is 2. The van der Waals surface area contributed by atoms with Gasteiger partial charge < -0.3 is 5.32 Å². The lowest BCUT2D eigenvalue weighted by atomic mass is 10.0. The van der Waals surface area contributed by atoms with Crippen molar-refractivity contribution in [2.24, 2.45) is 5.92 Å². The normalized spacial score (nSPS) is 12.0. The third-order valence-corrected chi connectivity index (χ3v) is 5.94. The van der Waals surface area contributed by atoms with Crippen LogP contribution in [0.25, 0.3) is 11.0 Å². The fraction of sp³-hybridized carbons (Fsp3) is 0.296. The molecule has 0 saturated heterocycles. The van der Waals surface area contributed by atoms with Gasteiger partial charge in [0.15, 0.2) is 0 Å². The Kier molecular flexibility index (Phi) is 7.68. The van der Waals surface area contributed by atoms with Crippen LogP contribution in [0, 0.1) is 18.7 Å². The molecule has 0 fully saturated rings. The molecule has 2 amide bonds. The second kappa shape index (κ2) is 11.1. The lowest BCUT2D eigenvalue weighted by molar-refractivity contribution is -0.127. The molecule has 2 aromatic carbocycles. The van der Waals surface area contributed by atoms with Gasteiger partial charge in [-0.05, 0) is 55.2 Å². The van der Waals surface area contributed by atoms with Gasteiger partial charge in [0.25, 0.3) is 0 Å². The number of nitrogens with one attached hydrogen (secondary N) is 1. The number of hydrogen-bond donors (Lipinski definition) is 1. The van der Waals surface area contributed by atoms with Crippen LogP contribution in [0.5, 0.6) is 0 Å². The van der Waals surface area contributed by atoms with E-state index in [4.69, 9.17) is 0 Å². The monoisotopic (exact) mass is 488 g/mol. The Labute approximate surface area is 209 Å². The molecule has 0 spiro atoms. The first-order chi connectivity index (χ1) is 17.3. The molecule has 9 heteroatoms. The number of carbonyl (C=O) groups excluding carboxylic acids is 2. The molecule has 1 atom stereocenters. The van der Waals surface area contributed by atoms with Gasteiger partial charge in [0.2, 0.25) is 11.8 Å². The van der Waals surface area contributed by atoms with Gasteiger partial charge in [0.1, 0.15) is 23.9 Å². The molecule has 1 N–H and O–H groups in total. The SMILES string of the molecule is Cc1ccc(N(C(=O)Cn2nnc3ccccc32)[C@H](C(=O)NCCC(C)C)c2cccnc2)cc1F. The first-order valence-electron chi connectivity index (χ1n) is 11.9. The zero-order valence-electron chi connectivity index (χ0n) is 20.6. The van der Waals surface area contributed by atoms with Crippen molar-refractivity contribution in [1.29, 1.82) is 0 Å². The van der Waals surface area contributed by atoms with Crippen LogP contribution in [0.15, 0.2) is 67.0 Å². The third-order valence-electron chi connectivity index (χ3n) is 5.94. The number of para-hydroxylation sites is 1. The van der Waals surface area contributed by atoms with Gasteiger partial charge in [-0.1, -0.05) is 43.3 Å². The number of carbonyl (C=O) groups is 2. The standard InChI is InChI=1S/C27H29FN6O2/c1-18(2)12-14-30-27(36)26(20-7-6-13-29-16-20)34(21-11-10-19(3)22(28)15-21)25(35)17-33-24-9-5-4-8-23(24)31-32-33/h4-11,13,15-16,18,26H,12,14,17H2,1-3H3,(H,30,36)/t26-/m0/s1. The molecule has 0 unspecified atom stereocenters. The molecule has 0 radical (unpaired) electrons. The topological polar surface area (TPSA) is 93.0 Å². The van der Waals surface area contributed by atoms with Crippen molar-refractivity contribution in [2.75, 3.05) is 11.4 Å². The van der Waals surface area contributed by atoms with Gasteiger partial charge in [0.05, 0.1) is 5.52 Å². The van der Waals surface area contributed by atoms with E-state index in [0.717, 1.165) is 6.42 Å². The van der Waals surface area contributed by atoms with E-state index in [9.17, 15) is 14.0 Å². The molecule has 8 nitrogen and oxygen atoms in total. The maximum atomic E-state index is 14.7. The van der Waals surface area contributed by atoms with Crippen molar-refractivity contribution in [2.45, 2.75) is 39.8 Å². The predicted molar refractivity (Wildman–Crippen MR) is 136 cm³/mol. The maximum Gasteiger partial charge on any atom is 0.249 e. The predicted octanol–water partition coefficient (Wildman–Crippen LogP) is 4.21. The molecule has 0 aliphatic heterocycles. The molecule has 4 rings (SSSR count). The highest BCUT2D eigenvalue weighted by Crippen LogP contribution is 2.30. The summed E-state index contributed by atoms with van der Waals surface area (Å²) in [5, 5.41) is 11.2. The highest BCUT2D eigenvalue weighted by atomic mass is 19.1. The van der Waals surface area contributed by atoms with E-state index in [1.807, 2.05) is 18.2 Å². The Balaban J connectivity index is 1.77. The van der Waals surface area contributed by atoms with E-state index in [1.54, 1.807) is 49.6 Å². The molecule has 0 bridgehead atoms. The first-order valence-corrected chi connectivity index (χ1v) is 11.9. The van der Waals surface area contributed by atoms with Crippen LogP contribution >= 0.6 is 0 Å². The molecular weight excluding hydrogens is 459 g/mol. The largest absolute Gasteiger partial charge is 0.354 e. The van der Waals surface area contributed by atoms with E-state index in [1.165, 1.54) is 15.6 Å². The summed E-state index contributed by atoms with van der Waals surface area (Å²) in [5.41, 5.74) is 2.54. The summed E-state index contributed by atoms with van der Waals surface area (Å²) in [6.07, 6.45) is 3.92. The van der Waals surface area contributed by atoms with Gasteiger partial charge >= 0.3 is 0 Å². The number of nitrogens with zero attached hydrogens (tertiary/aromatic N) is 5. The number of rotatable bonds is 9. The average Bonchev–Trinajstić information content (AvgIpc) is 3.27. The molecule has 0 aliphatic carbocycles. The van der Waals surface area contributed by atoms with E-state index in [0.29, 0.717) is 34.6 Å². The first kappa shape index (κ1) is 25.0. The Bertz CT molecular complexity index is 1350. The number of hydrogen-bond acceptors (Lipinski definition) is 5. The minimum Gasteiger partial charge on any atom is -0.354 e. The van der Waals surface area contributed by atoms with Gasteiger partial charge in [-0.15, -0.1) is 5.10 Å². The van der Waals surface area contributed by atoms with Gasteiger partial charge in [-0.3, -0.25) is 19.5 Å². The summed E-state index contributed by atoms with van der Waals surface area (Å²) >= 11 is 0. The summed E-state index contributed by atoms with van der Waals surface area (Å²) in [7, 11) is 0. The highest BCUT2D eigenvalue weighted by Gasteiger charge is 2.33. The van der Waals surface area contributed by atoms with Crippen molar-refractivity contribution < 1.29 is 14.0 Å². The lowest BCUT2D eigenvalue weighted by Gasteiger charge is -2.31. The number of aromatic nitrogens is 4. The number of aryl methyl sites for hydroxylation is 1. The van der Waals surface area contributed by atoms with Gasteiger partial charge in [0, 0.05) is 30.2 Å². The van der Waals surface area contributed by atoms with Crippen molar-refractivity contribution in [3.63, 3.8) is 0 Å². The van der Waals surface area contributed by atoms with E-state index in [2.05, 4.69) is 34.5 Å². The fourth-order valence-electron chi connectivity index (χ4n) is 3.94. The highest BCUT2D eigenvalue weighted by molar-refractivity contribution is 6.01. The van der Waals surface area contributed by atoms with Crippen LogP contribution in [0.2, 0.25) is 0 Å². The smallest absolute Gasteiger partial charge is 0.249 e. The quantitative estimate of drug-likeness (QED) is 0.381. The van der Waals surface area contributed by atoms with Gasteiger partial charge in [-0.2, -0.15) is 0 Å². The Hall–Kier alpha value is -4.14. The van der Waals surface area contributed by atoms with Crippen molar-refractivity contribution in [3.8, 4) is 0 Å². The van der Waals surface area contributed by atoms with Crippen molar-refractivity contribution >= 4 is 28.5 Å². The maximum absolute atomic E-state index is 14.7. The second-order valence-corrected chi connectivity index (χ2v) is 9.10. The summed E-state index contributed by atoms with van der Waals surface area (Å²) < 4.78 is 16.1. The van der Waals surface area contributed by atoms with E-state index in [-0.39, 0.29) is 18.1 Å². The summed E-state index contributed by atoms with van der Waals surface area (Å²) in [5.74, 6) is -0.892. The van der Waals surface area contributed by atoms with Crippen LogP contribution in [-0.2, 0) is 16.1 Å². The Morgan fingerprint density at radius 2 is 1.92 bits per heavy atom. The molecule has 0 saturated carbocycles. The Morgan fingerprint density at radius 1 is 1.11 bits per heavy atom. The number of fused-ring (bicyclic) bond motifs is 1. The zero-order chi connectivity index (χ0) is 25.7. The molecular formula is C27H29FN6O2. The van der Waals surface area contributed by atoms with Crippen molar-refractivity contribution in [3.05, 3.63) is 83.9 Å². The van der Waals surface area contributed by atoms with Crippen LogP contribution in [0.3, 0.4) is 0 Å². The van der Waals surface area contributed by atoms with Crippen LogP contribution < -0.4 is 10.2 Å². The lowest BCUT2D eigenvalue weighted by Crippen LogP contribution is -2.45. The molecule has 2 heterocycles. The number of halogens is 1. The van der Waals surface area contributed by atoms with Crippen LogP contribution in [-0.4, -0.2) is 38.3 Å². The molecule has 186 valence electrons. The number of amides is 2.